The Labute approximate surface area is 306 Å². The third kappa shape index (κ3) is 37.2. The number of hydrogen-bond acceptors (Lipinski definition) is 6. The Morgan fingerprint density at radius 2 is 1.16 bits per heavy atom. The minimum Gasteiger partial charge on any atom is -0.457 e. The highest BCUT2D eigenvalue weighted by molar-refractivity contribution is 7.47. The van der Waals surface area contributed by atoms with Crippen molar-refractivity contribution >= 4 is 13.8 Å². The molecule has 50 heavy (non-hydrogen) atoms. The zero-order valence-corrected chi connectivity index (χ0v) is 33.2. The first-order valence-electron chi connectivity index (χ1n) is 19.2. The van der Waals surface area contributed by atoms with E-state index in [2.05, 4.69) is 86.8 Å². The maximum atomic E-state index is 12.6. The fourth-order valence-electron chi connectivity index (χ4n) is 4.53. The molecule has 0 fully saturated rings. The van der Waals surface area contributed by atoms with Crippen molar-refractivity contribution in [3.05, 3.63) is 72.9 Å². The van der Waals surface area contributed by atoms with Crippen molar-refractivity contribution in [1.82, 2.24) is 0 Å². The summed E-state index contributed by atoms with van der Waals surface area (Å²) in [5, 5.41) is 0. The van der Waals surface area contributed by atoms with Crippen LogP contribution in [-0.2, 0) is 27.9 Å². The maximum absolute atomic E-state index is 12.6. The van der Waals surface area contributed by atoms with E-state index in [1.165, 1.54) is 38.5 Å². The highest BCUT2D eigenvalue weighted by atomic mass is 31.2. The van der Waals surface area contributed by atoms with Crippen LogP contribution >= 0.6 is 7.82 Å². The lowest BCUT2D eigenvalue weighted by Gasteiger charge is -2.24. The summed E-state index contributed by atoms with van der Waals surface area (Å²) >= 11 is 0. The largest absolute Gasteiger partial charge is 0.472 e. The molecule has 8 nitrogen and oxygen atoms in total. The van der Waals surface area contributed by atoms with Gasteiger partial charge in [0.15, 0.2) is 0 Å². The minimum absolute atomic E-state index is 0.0730. The summed E-state index contributed by atoms with van der Waals surface area (Å²) in [5.41, 5.74) is 0. The second-order valence-electron chi connectivity index (χ2n) is 13.6. The topological polar surface area (TPSA) is 91.3 Å². The van der Waals surface area contributed by atoms with E-state index >= 15 is 0 Å². The number of allylic oxidation sites excluding steroid dienone is 12. The van der Waals surface area contributed by atoms with Gasteiger partial charge in [-0.15, -0.1) is 0 Å². The van der Waals surface area contributed by atoms with E-state index in [1.807, 2.05) is 21.1 Å². The van der Waals surface area contributed by atoms with Crippen molar-refractivity contribution < 1.29 is 37.3 Å². The van der Waals surface area contributed by atoms with Gasteiger partial charge in [-0.2, -0.15) is 0 Å². The highest BCUT2D eigenvalue weighted by Crippen LogP contribution is 2.43. The number of phosphoric ester groups is 1. The van der Waals surface area contributed by atoms with Crippen molar-refractivity contribution in [3.63, 3.8) is 0 Å². The van der Waals surface area contributed by atoms with Gasteiger partial charge < -0.3 is 18.9 Å². The van der Waals surface area contributed by atoms with Crippen molar-refractivity contribution in [3.8, 4) is 0 Å². The first-order chi connectivity index (χ1) is 24.1. The molecule has 0 amide bonds. The lowest BCUT2D eigenvalue weighted by Crippen LogP contribution is -2.37. The van der Waals surface area contributed by atoms with Gasteiger partial charge in [0.2, 0.25) is 0 Å². The summed E-state index contributed by atoms with van der Waals surface area (Å²) in [4.78, 5) is 22.7. The van der Waals surface area contributed by atoms with Crippen LogP contribution in [-0.4, -0.2) is 75.6 Å². The summed E-state index contributed by atoms with van der Waals surface area (Å²) in [6.07, 6.45) is 42.3. The van der Waals surface area contributed by atoms with E-state index < -0.39 is 13.9 Å². The predicted molar refractivity (Wildman–Crippen MR) is 210 cm³/mol. The second kappa shape index (κ2) is 34.0. The number of ether oxygens (including phenoxy) is 2. The predicted octanol–water partition coefficient (Wildman–Crippen LogP) is 10.8. The summed E-state index contributed by atoms with van der Waals surface area (Å²) in [6.45, 7) is 5.32. The molecule has 2 atom stereocenters. The first kappa shape index (κ1) is 47.9. The summed E-state index contributed by atoms with van der Waals surface area (Å²) in [5.74, 6) is -0.377. The number of quaternary nitrogens is 1. The molecule has 0 radical (unpaired) electrons. The molecule has 0 aromatic heterocycles. The highest BCUT2D eigenvalue weighted by Gasteiger charge is 2.26. The zero-order chi connectivity index (χ0) is 37.0. The van der Waals surface area contributed by atoms with Gasteiger partial charge in [0.05, 0.1) is 34.4 Å². The molecule has 9 heteroatoms. The first-order valence-corrected chi connectivity index (χ1v) is 20.7. The molecule has 0 rings (SSSR count). The third-order valence-electron chi connectivity index (χ3n) is 7.48. The number of phosphoric acid groups is 1. The monoisotopic (exact) mass is 723 g/mol. The van der Waals surface area contributed by atoms with Crippen LogP contribution in [0.3, 0.4) is 0 Å². The fourth-order valence-corrected chi connectivity index (χ4v) is 5.27. The minimum atomic E-state index is -4.29. The Morgan fingerprint density at radius 1 is 0.640 bits per heavy atom. The van der Waals surface area contributed by atoms with E-state index in [1.54, 1.807) is 0 Å². The lowest BCUT2D eigenvalue weighted by atomic mass is 10.1. The molecule has 0 saturated heterocycles. The average molecular weight is 723 g/mol. The van der Waals surface area contributed by atoms with Crippen LogP contribution in [0.25, 0.3) is 0 Å². The van der Waals surface area contributed by atoms with Crippen LogP contribution in [0.4, 0.5) is 0 Å². The Balaban J connectivity index is 4.44. The number of esters is 1. The lowest BCUT2D eigenvalue weighted by molar-refractivity contribution is -0.870. The second-order valence-corrected chi connectivity index (χ2v) is 15.0. The molecule has 0 spiro atoms. The van der Waals surface area contributed by atoms with E-state index in [-0.39, 0.29) is 32.2 Å². The Hall–Kier alpha value is -2.06. The average Bonchev–Trinajstić information content (AvgIpc) is 3.06. The number of likely N-dealkylation sites (N-methyl/N-ethyl adjacent to an activating group) is 1. The van der Waals surface area contributed by atoms with Gasteiger partial charge in [0.1, 0.15) is 19.3 Å². The quantitative estimate of drug-likeness (QED) is 0.0232. The van der Waals surface area contributed by atoms with Crippen LogP contribution in [0, 0.1) is 0 Å². The summed E-state index contributed by atoms with van der Waals surface area (Å²) < 4.78 is 34.7. The number of unbranched alkanes of at least 4 members (excludes halogenated alkanes) is 8. The number of rotatable bonds is 34. The van der Waals surface area contributed by atoms with Gasteiger partial charge in [-0.1, -0.05) is 119 Å². The van der Waals surface area contributed by atoms with Gasteiger partial charge in [0.25, 0.3) is 0 Å². The fraction of sp³-hybridized carbons (Fsp3) is 0.683. The van der Waals surface area contributed by atoms with E-state index in [9.17, 15) is 14.3 Å². The van der Waals surface area contributed by atoms with Crippen molar-refractivity contribution in [1.29, 1.82) is 0 Å². The van der Waals surface area contributed by atoms with Crippen LogP contribution in [0.15, 0.2) is 72.9 Å². The molecule has 0 bridgehead atoms. The van der Waals surface area contributed by atoms with Crippen LogP contribution in [0.2, 0.25) is 0 Å². The number of hydrogen-bond donors (Lipinski definition) is 1. The van der Waals surface area contributed by atoms with Gasteiger partial charge in [-0.3, -0.25) is 13.8 Å². The maximum Gasteiger partial charge on any atom is 0.472 e. The van der Waals surface area contributed by atoms with Crippen molar-refractivity contribution in [2.75, 3.05) is 54.1 Å². The third-order valence-corrected chi connectivity index (χ3v) is 8.47. The van der Waals surface area contributed by atoms with E-state index in [0.717, 1.165) is 57.8 Å². The van der Waals surface area contributed by atoms with Crippen molar-refractivity contribution in [2.24, 2.45) is 0 Å². The number of nitrogens with zero attached hydrogens (tertiary/aromatic N) is 1. The normalized spacial score (nSPS) is 14.8. The smallest absolute Gasteiger partial charge is 0.457 e. The molecule has 0 aliphatic rings. The molecule has 0 aliphatic carbocycles. The molecule has 0 heterocycles. The Morgan fingerprint density at radius 3 is 1.76 bits per heavy atom. The number of carbonyl (C=O) groups is 1. The SMILES string of the molecule is CC/C=C\C/C=C\C/C=C\C/C=C\C/C=C\CCCC(=O)OC(COCCCCCCCC/C=C\CCC)COP(=O)(O)OCC[N+](C)(C)C. The van der Waals surface area contributed by atoms with E-state index in [0.29, 0.717) is 24.1 Å². The molecule has 1 N–H and O–H groups in total. The molecule has 0 aromatic carbocycles. The van der Waals surface area contributed by atoms with Crippen LogP contribution in [0.1, 0.15) is 123 Å². The molecule has 0 aromatic rings. The summed E-state index contributed by atoms with van der Waals surface area (Å²) in [6, 6.07) is 0. The van der Waals surface area contributed by atoms with E-state index in [4.69, 9.17) is 18.5 Å². The molecule has 2 unspecified atom stereocenters. The standard InChI is InChI=1S/C41H72NO7P/c1-6-8-10-12-14-16-18-19-20-21-22-23-24-26-28-30-32-34-41(43)49-40(39-48-50(44,45)47-37-35-42(3,4)5)38-46-36-33-31-29-27-25-17-15-13-11-9-7-2/h8,10-11,13-14,16,19-20,22-23,26,28,40H,6-7,9,12,15,17-18,21,24-25,27,29-39H2,1-5H3/p+1/b10-8-,13-11-,16-14-,20-19-,23-22-,28-26-. The number of carbonyl (C=O) groups excluding carboxylic acids is 1. The van der Waals surface area contributed by atoms with Gasteiger partial charge in [-0.25, -0.2) is 4.57 Å². The Kier molecular flexibility index (Phi) is 32.6. The van der Waals surface area contributed by atoms with Gasteiger partial charge in [-0.05, 0) is 70.6 Å². The summed E-state index contributed by atoms with van der Waals surface area (Å²) in [7, 11) is 1.61. The van der Waals surface area contributed by atoms with Crippen LogP contribution in [0.5, 0.6) is 0 Å². The zero-order valence-electron chi connectivity index (χ0n) is 32.4. The molecule has 0 aliphatic heterocycles. The molecular formula is C41H73NO7P+. The van der Waals surface area contributed by atoms with Crippen LogP contribution < -0.4 is 0 Å². The molecule has 0 saturated carbocycles. The Bertz CT molecular complexity index is 1030. The van der Waals surface area contributed by atoms with Gasteiger partial charge in [0, 0.05) is 13.0 Å². The molecular weight excluding hydrogens is 649 g/mol. The van der Waals surface area contributed by atoms with Crippen molar-refractivity contribution in [2.45, 2.75) is 129 Å². The van der Waals surface area contributed by atoms with Gasteiger partial charge >= 0.3 is 13.8 Å². The molecule has 288 valence electrons.